The van der Waals surface area contributed by atoms with E-state index in [1.54, 1.807) is 12.1 Å². The second-order valence-corrected chi connectivity index (χ2v) is 7.44. The highest BCUT2D eigenvalue weighted by Crippen LogP contribution is 2.48. The molecule has 0 aromatic heterocycles. The molecule has 1 heterocycles. The SMILES string of the molecule is C[C@H]1[C@H](c2ccccc2)N[C@H](c2ccccc2)C[C@]1(O)c1ccc(F)cc1. The molecule has 2 N–H and O–H groups in total. The highest BCUT2D eigenvalue weighted by molar-refractivity contribution is 5.32. The largest absolute Gasteiger partial charge is 0.385 e. The molecule has 1 aliphatic heterocycles. The van der Waals surface area contributed by atoms with Gasteiger partial charge in [0, 0.05) is 24.4 Å². The molecule has 27 heavy (non-hydrogen) atoms. The molecule has 0 saturated carbocycles. The summed E-state index contributed by atoms with van der Waals surface area (Å²) in [5, 5.41) is 15.5. The molecule has 4 rings (SSSR count). The quantitative estimate of drug-likeness (QED) is 0.678. The van der Waals surface area contributed by atoms with E-state index in [0.29, 0.717) is 6.42 Å². The second-order valence-electron chi connectivity index (χ2n) is 7.44. The number of hydrogen-bond acceptors (Lipinski definition) is 2. The van der Waals surface area contributed by atoms with Gasteiger partial charge >= 0.3 is 0 Å². The Labute approximate surface area is 159 Å². The molecule has 0 aliphatic carbocycles. The standard InChI is InChI=1S/C24H24FNO/c1-17-23(19-10-6-3-7-11-19)26-22(18-8-4-2-5-9-18)16-24(17,27)20-12-14-21(25)15-13-20/h2-15,17,22-23,26-27H,16H2,1H3/t17-,22-,23+,24+/m0/s1. The smallest absolute Gasteiger partial charge is 0.123 e. The molecule has 0 amide bonds. The lowest BCUT2D eigenvalue weighted by Crippen LogP contribution is -2.50. The first-order valence-electron chi connectivity index (χ1n) is 9.42. The van der Waals surface area contributed by atoms with E-state index in [1.807, 2.05) is 36.4 Å². The Kier molecular flexibility index (Phi) is 4.81. The van der Waals surface area contributed by atoms with Crippen molar-refractivity contribution in [3.8, 4) is 0 Å². The highest BCUT2D eigenvalue weighted by atomic mass is 19.1. The predicted octanol–water partition coefficient (Wildman–Crippen LogP) is 5.13. The van der Waals surface area contributed by atoms with Crippen molar-refractivity contribution in [3.63, 3.8) is 0 Å². The van der Waals surface area contributed by atoms with E-state index in [9.17, 15) is 9.50 Å². The minimum Gasteiger partial charge on any atom is -0.385 e. The Bertz CT molecular complexity index is 881. The number of rotatable bonds is 3. The van der Waals surface area contributed by atoms with Crippen molar-refractivity contribution in [1.82, 2.24) is 5.32 Å². The summed E-state index contributed by atoms with van der Waals surface area (Å²) in [6.45, 7) is 2.06. The predicted molar refractivity (Wildman–Crippen MR) is 106 cm³/mol. The topological polar surface area (TPSA) is 32.3 Å². The number of piperidine rings is 1. The van der Waals surface area contributed by atoms with Gasteiger partial charge in [-0.25, -0.2) is 4.39 Å². The Hall–Kier alpha value is -2.49. The van der Waals surface area contributed by atoms with Gasteiger partial charge in [-0.1, -0.05) is 79.7 Å². The van der Waals surface area contributed by atoms with Crippen LogP contribution in [0.15, 0.2) is 84.9 Å². The summed E-state index contributed by atoms with van der Waals surface area (Å²) in [6, 6.07) is 26.7. The van der Waals surface area contributed by atoms with Crippen molar-refractivity contribution < 1.29 is 9.50 Å². The van der Waals surface area contributed by atoms with Crippen LogP contribution in [0.25, 0.3) is 0 Å². The molecular formula is C24H24FNO. The minimum atomic E-state index is -1.06. The normalized spacial score (nSPS) is 28.0. The van der Waals surface area contributed by atoms with Gasteiger partial charge in [0.1, 0.15) is 5.82 Å². The Morgan fingerprint density at radius 2 is 1.41 bits per heavy atom. The van der Waals surface area contributed by atoms with Crippen molar-refractivity contribution in [2.24, 2.45) is 5.92 Å². The van der Waals surface area contributed by atoms with Crippen molar-refractivity contribution in [2.75, 3.05) is 0 Å². The summed E-state index contributed by atoms with van der Waals surface area (Å²) in [5.74, 6) is -0.367. The van der Waals surface area contributed by atoms with E-state index in [4.69, 9.17) is 0 Å². The number of hydrogen-bond donors (Lipinski definition) is 2. The van der Waals surface area contributed by atoms with Crippen LogP contribution < -0.4 is 5.32 Å². The zero-order chi connectivity index (χ0) is 18.9. The molecule has 3 aromatic rings. The van der Waals surface area contributed by atoms with Crippen LogP contribution in [-0.2, 0) is 5.60 Å². The molecule has 0 bridgehead atoms. The van der Waals surface area contributed by atoms with Gasteiger partial charge in [-0.2, -0.15) is 0 Å². The first-order valence-corrected chi connectivity index (χ1v) is 9.42. The molecule has 1 fully saturated rings. The van der Waals surface area contributed by atoms with Gasteiger partial charge in [0.25, 0.3) is 0 Å². The van der Waals surface area contributed by atoms with Crippen LogP contribution in [0.1, 0.15) is 42.1 Å². The van der Waals surface area contributed by atoms with Gasteiger partial charge in [-0.3, -0.25) is 0 Å². The highest BCUT2D eigenvalue weighted by Gasteiger charge is 2.47. The van der Waals surface area contributed by atoms with E-state index < -0.39 is 5.60 Å². The summed E-state index contributed by atoms with van der Waals surface area (Å²) in [7, 11) is 0. The van der Waals surface area contributed by atoms with Crippen LogP contribution in [0, 0.1) is 11.7 Å². The van der Waals surface area contributed by atoms with Gasteiger partial charge in [0.15, 0.2) is 0 Å². The minimum absolute atomic E-state index is 0.00246. The maximum absolute atomic E-state index is 13.5. The molecule has 138 valence electrons. The molecular weight excluding hydrogens is 337 g/mol. The third-order valence-electron chi connectivity index (χ3n) is 5.85. The van der Waals surface area contributed by atoms with E-state index in [1.165, 1.54) is 12.1 Å². The lowest BCUT2D eigenvalue weighted by Gasteiger charge is -2.48. The van der Waals surface area contributed by atoms with Crippen LogP contribution in [-0.4, -0.2) is 5.11 Å². The third-order valence-corrected chi connectivity index (χ3v) is 5.85. The van der Waals surface area contributed by atoms with Crippen LogP contribution in [0.2, 0.25) is 0 Å². The summed E-state index contributed by atoms with van der Waals surface area (Å²) in [4.78, 5) is 0. The number of aliphatic hydroxyl groups is 1. The van der Waals surface area contributed by atoms with E-state index in [2.05, 4.69) is 36.5 Å². The fourth-order valence-corrected chi connectivity index (χ4v) is 4.26. The van der Waals surface area contributed by atoms with Crippen molar-refractivity contribution >= 4 is 0 Å². The first-order chi connectivity index (χ1) is 13.1. The Balaban J connectivity index is 1.78. The average Bonchev–Trinajstić information content (AvgIpc) is 2.72. The lowest BCUT2D eigenvalue weighted by molar-refractivity contribution is -0.0743. The van der Waals surface area contributed by atoms with Crippen LogP contribution in [0.4, 0.5) is 4.39 Å². The molecule has 1 saturated heterocycles. The average molecular weight is 361 g/mol. The van der Waals surface area contributed by atoms with Crippen LogP contribution in [0.3, 0.4) is 0 Å². The van der Waals surface area contributed by atoms with Gasteiger partial charge in [0.05, 0.1) is 5.60 Å². The van der Waals surface area contributed by atoms with Crippen molar-refractivity contribution in [3.05, 3.63) is 107 Å². The van der Waals surface area contributed by atoms with Gasteiger partial charge in [-0.15, -0.1) is 0 Å². The molecule has 0 spiro atoms. The Morgan fingerprint density at radius 3 is 2.00 bits per heavy atom. The fraction of sp³-hybridized carbons (Fsp3) is 0.250. The molecule has 0 radical (unpaired) electrons. The summed E-state index contributed by atoms with van der Waals surface area (Å²) in [6.07, 6.45) is 0.535. The van der Waals surface area contributed by atoms with Crippen molar-refractivity contribution in [1.29, 1.82) is 0 Å². The van der Waals surface area contributed by atoms with E-state index in [0.717, 1.165) is 16.7 Å². The van der Waals surface area contributed by atoms with Crippen LogP contribution in [0.5, 0.6) is 0 Å². The molecule has 3 aromatic carbocycles. The van der Waals surface area contributed by atoms with Gasteiger partial charge in [-0.05, 0) is 28.8 Å². The molecule has 1 aliphatic rings. The summed E-state index contributed by atoms with van der Waals surface area (Å²) >= 11 is 0. The summed E-state index contributed by atoms with van der Waals surface area (Å²) < 4.78 is 13.5. The summed E-state index contributed by atoms with van der Waals surface area (Å²) in [5.41, 5.74) is 2.00. The lowest BCUT2D eigenvalue weighted by atomic mass is 9.69. The molecule has 4 atom stereocenters. The number of nitrogens with one attached hydrogen (secondary N) is 1. The van der Waals surface area contributed by atoms with Gasteiger partial charge in [0.2, 0.25) is 0 Å². The van der Waals surface area contributed by atoms with E-state index in [-0.39, 0.29) is 23.8 Å². The third kappa shape index (κ3) is 3.41. The number of halogens is 1. The Morgan fingerprint density at radius 1 is 0.852 bits per heavy atom. The molecule has 2 nitrogen and oxygen atoms in total. The first kappa shape index (κ1) is 17.9. The van der Waals surface area contributed by atoms with E-state index >= 15 is 0 Å². The van der Waals surface area contributed by atoms with Gasteiger partial charge < -0.3 is 10.4 Å². The maximum atomic E-state index is 13.5. The fourth-order valence-electron chi connectivity index (χ4n) is 4.26. The van der Waals surface area contributed by atoms with Crippen molar-refractivity contribution in [2.45, 2.75) is 31.0 Å². The second kappa shape index (κ2) is 7.26. The zero-order valence-electron chi connectivity index (χ0n) is 15.3. The van der Waals surface area contributed by atoms with Crippen LogP contribution >= 0.6 is 0 Å². The maximum Gasteiger partial charge on any atom is 0.123 e. The molecule has 0 unspecified atom stereocenters. The zero-order valence-corrected chi connectivity index (χ0v) is 15.3. The monoisotopic (exact) mass is 361 g/mol. The molecule has 3 heteroatoms. The number of benzene rings is 3.